The van der Waals surface area contributed by atoms with Crippen LogP contribution in [0.2, 0.25) is 0 Å². The largest absolute Gasteiger partial charge is 0.462 e. The number of aromatic nitrogens is 2. The van der Waals surface area contributed by atoms with Gasteiger partial charge in [-0.25, -0.2) is 9.59 Å². The maximum Gasteiger partial charge on any atom is 0.341 e. The molecule has 0 aliphatic rings. The number of esters is 2. The molecular formula is C48H34Br2N2O6S4. The fraction of sp³-hybridized carbons (Fsp3) is 0.125. The van der Waals surface area contributed by atoms with Crippen LogP contribution in [0, 0.1) is 0 Å². The zero-order valence-corrected chi connectivity index (χ0v) is 39.5. The molecule has 0 bridgehead atoms. The zero-order chi connectivity index (χ0) is 43.1. The predicted octanol–water partition coefficient (Wildman–Crippen LogP) is 13.5. The molecule has 0 fully saturated rings. The normalized spacial score (nSPS) is 11.5. The number of rotatable bonds is 14. The van der Waals surface area contributed by atoms with Gasteiger partial charge in [-0.05, 0) is 97.8 Å². The van der Waals surface area contributed by atoms with Crippen molar-refractivity contribution < 1.29 is 28.7 Å². The summed E-state index contributed by atoms with van der Waals surface area (Å²) in [6.07, 6.45) is 3.85. The van der Waals surface area contributed by atoms with Crippen LogP contribution >= 0.6 is 78.1 Å². The summed E-state index contributed by atoms with van der Waals surface area (Å²) in [6, 6.07) is 34.3. The zero-order valence-electron chi connectivity index (χ0n) is 33.1. The molecule has 310 valence electrons. The Bertz CT molecular complexity index is 2990. The van der Waals surface area contributed by atoms with Gasteiger partial charge in [0.1, 0.15) is 0 Å². The molecule has 0 unspecified atom stereocenters. The van der Waals surface area contributed by atoms with E-state index < -0.39 is 11.9 Å². The second-order valence-corrected chi connectivity index (χ2v) is 20.4. The van der Waals surface area contributed by atoms with Gasteiger partial charge in [-0.1, -0.05) is 68.3 Å². The Hall–Kier alpha value is -4.96. The number of nitrogens with zero attached hydrogens (tertiary/aromatic N) is 2. The topological polar surface area (TPSA) is 95.6 Å². The molecule has 6 heterocycles. The Labute approximate surface area is 389 Å². The van der Waals surface area contributed by atoms with Crippen LogP contribution in [0.25, 0.3) is 32.8 Å². The highest BCUT2D eigenvalue weighted by atomic mass is 79.9. The molecule has 6 aromatic heterocycles. The lowest BCUT2D eigenvalue weighted by atomic mass is 10.1. The highest BCUT2D eigenvalue weighted by Gasteiger charge is 2.31. The van der Waals surface area contributed by atoms with Gasteiger partial charge in [-0.2, -0.15) is 0 Å². The van der Waals surface area contributed by atoms with Crippen molar-refractivity contribution in [3.05, 3.63) is 174 Å². The number of halogens is 2. The monoisotopic (exact) mass is 1020 g/mol. The summed E-state index contributed by atoms with van der Waals surface area (Å²) in [5.41, 5.74) is 7.05. The second kappa shape index (κ2) is 18.0. The molecule has 62 heavy (non-hydrogen) atoms. The minimum Gasteiger partial charge on any atom is -0.462 e. The summed E-state index contributed by atoms with van der Waals surface area (Å²) < 4.78 is 18.6. The molecule has 14 heteroatoms. The number of thiophene rings is 2. The van der Waals surface area contributed by atoms with E-state index in [2.05, 4.69) is 56.1 Å². The molecule has 0 amide bonds. The maximum absolute atomic E-state index is 14.2. The van der Waals surface area contributed by atoms with Crippen molar-refractivity contribution in [1.29, 1.82) is 0 Å². The van der Waals surface area contributed by atoms with Crippen molar-refractivity contribution >= 4 is 134 Å². The van der Waals surface area contributed by atoms with E-state index in [1.807, 2.05) is 81.9 Å². The quantitative estimate of drug-likeness (QED) is 0.0604. The van der Waals surface area contributed by atoms with Gasteiger partial charge in [-0.3, -0.25) is 9.59 Å². The van der Waals surface area contributed by atoms with Gasteiger partial charge >= 0.3 is 11.9 Å². The first-order valence-electron chi connectivity index (χ1n) is 19.6. The number of thioether (sulfide) groups is 2. The van der Waals surface area contributed by atoms with Gasteiger partial charge in [0.15, 0.2) is 0 Å². The average Bonchev–Trinajstić information content (AvgIpc) is 4.03. The molecule has 9 rings (SSSR count). The van der Waals surface area contributed by atoms with Crippen molar-refractivity contribution in [3.8, 4) is 0 Å². The predicted molar refractivity (Wildman–Crippen MR) is 258 cm³/mol. The van der Waals surface area contributed by atoms with E-state index in [1.165, 1.54) is 22.7 Å². The Morgan fingerprint density at radius 3 is 1.31 bits per heavy atom. The number of carbonyl (C=O) groups excluding carboxylic acids is 4. The van der Waals surface area contributed by atoms with Crippen LogP contribution < -0.4 is 0 Å². The van der Waals surface area contributed by atoms with Crippen LogP contribution in [-0.4, -0.2) is 45.5 Å². The molecule has 0 spiro atoms. The van der Waals surface area contributed by atoms with Gasteiger partial charge in [0, 0.05) is 54.7 Å². The first-order valence-corrected chi connectivity index (χ1v) is 24.7. The number of pyridine rings is 2. The molecule has 0 saturated heterocycles. The number of ketones is 2. The van der Waals surface area contributed by atoms with E-state index >= 15 is 0 Å². The van der Waals surface area contributed by atoms with Crippen molar-refractivity contribution in [1.82, 2.24) is 8.80 Å². The van der Waals surface area contributed by atoms with Crippen LogP contribution in [0.15, 0.2) is 139 Å². The maximum atomic E-state index is 14.2. The molecule has 0 aliphatic carbocycles. The van der Waals surface area contributed by atoms with Gasteiger partial charge in [0.05, 0.1) is 64.6 Å². The van der Waals surface area contributed by atoms with E-state index in [4.69, 9.17) is 9.47 Å². The van der Waals surface area contributed by atoms with Crippen LogP contribution in [0.3, 0.4) is 0 Å². The van der Waals surface area contributed by atoms with Crippen LogP contribution in [0.4, 0.5) is 0 Å². The highest BCUT2D eigenvalue weighted by molar-refractivity contribution is 9.10. The molecule has 9 aromatic rings. The van der Waals surface area contributed by atoms with E-state index in [-0.39, 0.29) is 24.8 Å². The van der Waals surface area contributed by atoms with E-state index in [0.717, 1.165) is 39.5 Å². The van der Waals surface area contributed by atoms with Crippen molar-refractivity contribution in [2.75, 3.05) is 13.2 Å². The van der Waals surface area contributed by atoms with Gasteiger partial charge in [-0.15, -0.1) is 46.2 Å². The first-order chi connectivity index (χ1) is 30.2. The summed E-state index contributed by atoms with van der Waals surface area (Å²) in [5, 5.41) is 1.22. The highest BCUT2D eigenvalue weighted by Crippen LogP contribution is 2.46. The Kier molecular flexibility index (Phi) is 12.3. The van der Waals surface area contributed by atoms with Crippen LogP contribution in [0.5, 0.6) is 0 Å². The van der Waals surface area contributed by atoms with E-state index in [1.54, 1.807) is 61.6 Å². The smallest absolute Gasteiger partial charge is 0.341 e. The molecule has 8 nitrogen and oxygen atoms in total. The van der Waals surface area contributed by atoms with Gasteiger partial charge in [0.2, 0.25) is 11.6 Å². The number of ether oxygens (including phenoxy) is 2. The fourth-order valence-corrected chi connectivity index (χ4v) is 13.0. The number of fused-ring (bicyclic) bond motifs is 6. The third kappa shape index (κ3) is 7.86. The Morgan fingerprint density at radius 2 is 0.935 bits per heavy atom. The summed E-state index contributed by atoms with van der Waals surface area (Å²) in [5.74, 6) is 0.0348. The first kappa shape index (κ1) is 42.3. The number of carbonyl (C=O) groups is 4. The number of hydrogen-bond acceptors (Lipinski definition) is 10. The van der Waals surface area contributed by atoms with Gasteiger partial charge in [0.25, 0.3) is 0 Å². The molecule has 0 atom stereocenters. The van der Waals surface area contributed by atoms with Gasteiger partial charge < -0.3 is 18.3 Å². The number of benzene rings is 3. The lowest BCUT2D eigenvalue weighted by Crippen LogP contribution is -2.06. The molecule has 0 saturated carbocycles. The van der Waals surface area contributed by atoms with Crippen molar-refractivity contribution in [2.45, 2.75) is 33.8 Å². The summed E-state index contributed by atoms with van der Waals surface area (Å²) >= 11 is 13.0. The molecule has 0 aliphatic heterocycles. The third-order valence-corrected chi connectivity index (χ3v) is 16.3. The molecular weight excluding hydrogens is 989 g/mol. The Morgan fingerprint density at radius 1 is 0.548 bits per heavy atom. The SMILES string of the molecule is CCOC(=O)c1c2c(C(=O)c3ccc(Br)cc3)sc(SCc3ccc(CSc4sc(C(=O)c5ccc(Br)cc5)c5c(C(=O)OCC)c6ccccn6c45)cc3)c2n2ccccc12. The minimum atomic E-state index is -0.459. The average molecular weight is 1020 g/mol. The van der Waals surface area contributed by atoms with Crippen molar-refractivity contribution in [3.63, 3.8) is 0 Å². The van der Waals surface area contributed by atoms with E-state index in [9.17, 15) is 19.2 Å². The summed E-state index contributed by atoms with van der Waals surface area (Å²) in [4.78, 5) is 56.4. The third-order valence-electron chi connectivity index (χ3n) is 10.3. The Balaban J connectivity index is 1.02. The standard InChI is InChI=1S/C48H34Br2N2O6S4/c1-3-57-45(55)35-33-9-5-7-23-51(33)39-37(35)43(41(53)29-15-19-31(49)20-16-29)61-47(39)59-25-27-11-13-28(14-12-27)26-60-48-40-38(44(62-48)42(54)30-17-21-32(50)22-18-30)36(46(56)58-4-2)34-10-6-8-24-52(34)40/h5-24H,3-4,25-26H2,1-2H3. The lowest BCUT2D eigenvalue weighted by Gasteiger charge is -2.06. The van der Waals surface area contributed by atoms with Crippen molar-refractivity contribution in [2.24, 2.45) is 0 Å². The summed E-state index contributed by atoms with van der Waals surface area (Å²) in [6.45, 7) is 3.98. The lowest BCUT2D eigenvalue weighted by molar-refractivity contribution is 0.0521. The van der Waals surface area contributed by atoms with Crippen LogP contribution in [0.1, 0.15) is 76.2 Å². The second-order valence-electron chi connectivity index (χ2n) is 14.1. The fourth-order valence-electron chi connectivity index (χ4n) is 7.47. The number of hydrogen-bond donors (Lipinski definition) is 0. The molecule has 0 N–H and O–H groups in total. The van der Waals surface area contributed by atoms with Crippen LogP contribution in [-0.2, 0) is 21.0 Å². The molecule has 3 aromatic carbocycles. The summed E-state index contributed by atoms with van der Waals surface area (Å²) in [7, 11) is 0. The minimum absolute atomic E-state index is 0.152. The van der Waals surface area contributed by atoms with E-state index in [0.29, 0.717) is 65.3 Å². The molecule has 0 radical (unpaired) electrons.